The molecule has 0 spiro atoms. The molecule has 1 aromatic carbocycles. The fourth-order valence-corrected chi connectivity index (χ4v) is 1.68. The molecule has 16 heavy (non-hydrogen) atoms. The summed E-state index contributed by atoms with van der Waals surface area (Å²) in [6.45, 7) is 3.38. The lowest BCUT2D eigenvalue weighted by Gasteiger charge is -2.32. The smallest absolute Gasteiger partial charge is 0.412 e. The molecule has 1 N–H and O–H groups in total. The summed E-state index contributed by atoms with van der Waals surface area (Å²) in [5, 5.41) is 13.1. The van der Waals surface area contributed by atoms with E-state index in [1.807, 2.05) is 0 Å². The number of nitro groups is 1. The maximum Gasteiger partial charge on any atom is 0.412 e. The van der Waals surface area contributed by atoms with Crippen LogP contribution >= 0.6 is 0 Å². The van der Waals surface area contributed by atoms with Crippen LogP contribution < -0.4 is 5.32 Å². The Kier molecular flexibility index (Phi) is 2.08. The first-order chi connectivity index (χ1) is 7.40. The van der Waals surface area contributed by atoms with Crippen LogP contribution in [0.15, 0.2) is 18.2 Å². The number of amides is 1. The van der Waals surface area contributed by atoms with Crippen LogP contribution in [-0.2, 0) is 10.3 Å². The third-order valence-corrected chi connectivity index (χ3v) is 2.45. The maximum atomic E-state index is 11.2. The number of benzene rings is 1. The van der Waals surface area contributed by atoms with E-state index in [-0.39, 0.29) is 5.69 Å². The third kappa shape index (κ3) is 1.58. The molecule has 1 aliphatic rings. The van der Waals surface area contributed by atoms with Gasteiger partial charge < -0.3 is 4.74 Å². The highest BCUT2D eigenvalue weighted by atomic mass is 16.6. The van der Waals surface area contributed by atoms with E-state index in [0.29, 0.717) is 11.3 Å². The molecular weight excluding hydrogens is 212 g/mol. The van der Waals surface area contributed by atoms with E-state index in [2.05, 4.69) is 5.32 Å². The van der Waals surface area contributed by atoms with Gasteiger partial charge in [0.15, 0.2) is 0 Å². The van der Waals surface area contributed by atoms with Gasteiger partial charge in [0.2, 0.25) is 0 Å². The number of rotatable bonds is 1. The van der Waals surface area contributed by atoms with Gasteiger partial charge in [-0.1, -0.05) is 0 Å². The molecule has 0 aromatic heterocycles. The minimum Gasteiger partial charge on any atom is -0.438 e. The summed E-state index contributed by atoms with van der Waals surface area (Å²) in [4.78, 5) is 21.4. The van der Waals surface area contributed by atoms with Gasteiger partial charge in [0.25, 0.3) is 5.69 Å². The standard InChI is InChI=1S/C10H10N2O4/c1-10(2)7-5-6(12(14)15)3-4-8(7)11-9(13)16-10/h3-5H,1-2H3,(H,11,13). The quantitative estimate of drug-likeness (QED) is 0.584. The number of nitro benzene ring substituents is 1. The zero-order chi connectivity index (χ0) is 11.9. The Hall–Kier alpha value is -2.11. The summed E-state index contributed by atoms with van der Waals surface area (Å²) in [6.07, 6.45) is -0.550. The zero-order valence-corrected chi connectivity index (χ0v) is 8.81. The van der Waals surface area contributed by atoms with Crippen LogP contribution in [0.2, 0.25) is 0 Å². The molecule has 0 aliphatic carbocycles. The molecule has 0 bridgehead atoms. The molecule has 0 atom stereocenters. The number of ether oxygens (including phenoxy) is 1. The van der Waals surface area contributed by atoms with Crippen LogP contribution in [0.1, 0.15) is 19.4 Å². The van der Waals surface area contributed by atoms with Crippen molar-refractivity contribution < 1.29 is 14.5 Å². The molecule has 0 unspecified atom stereocenters. The number of nitrogens with zero attached hydrogens (tertiary/aromatic N) is 1. The van der Waals surface area contributed by atoms with Crippen molar-refractivity contribution in [3.8, 4) is 0 Å². The molecular formula is C10H10N2O4. The van der Waals surface area contributed by atoms with Gasteiger partial charge in [0, 0.05) is 17.7 Å². The van der Waals surface area contributed by atoms with Crippen LogP contribution in [0.5, 0.6) is 0 Å². The van der Waals surface area contributed by atoms with Crippen molar-refractivity contribution in [3.63, 3.8) is 0 Å². The second-order valence-electron chi connectivity index (χ2n) is 4.01. The lowest BCUT2D eigenvalue weighted by Crippen LogP contribution is -2.34. The van der Waals surface area contributed by atoms with Crippen molar-refractivity contribution in [2.45, 2.75) is 19.4 Å². The minimum atomic E-state index is -0.857. The van der Waals surface area contributed by atoms with Crippen molar-refractivity contribution in [1.29, 1.82) is 0 Å². The van der Waals surface area contributed by atoms with Gasteiger partial charge in [-0.05, 0) is 19.9 Å². The molecule has 1 aliphatic heterocycles. The number of hydrogen-bond donors (Lipinski definition) is 1. The fourth-order valence-electron chi connectivity index (χ4n) is 1.68. The van der Waals surface area contributed by atoms with Gasteiger partial charge in [0.05, 0.1) is 10.6 Å². The molecule has 6 nitrogen and oxygen atoms in total. The summed E-state index contributed by atoms with van der Waals surface area (Å²) in [5.41, 5.74) is 0.267. The van der Waals surface area contributed by atoms with Crippen LogP contribution in [-0.4, -0.2) is 11.0 Å². The van der Waals surface area contributed by atoms with Crippen LogP contribution in [0, 0.1) is 10.1 Å². The normalized spacial score (nSPS) is 17.0. The third-order valence-electron chi connectivity index (χ3n) is 2.45. The zero-order valence-electron chi connectivity index (χ0n) is 8.81. The first-order valence-corrected chi connectivity index (χ1v) is 4.69. The Bertz CT molecular complexity index is 482. The topological polar surface area (TPSA) is 81.5 Å². The summed E-state index contributed by atoms with van der Waals surface area (Å²) >= 11 is 0. The molecule has 0 saturated carbocycles. The van der Waals surface area contributed by atoms with E-state index < -0.39 is 16.6 Å². The van der Waals surface area contributed by atoms with Crippen molar-refractivity contribution in [2.75, 3.05) is 5.32 Å². The largest absolute Gasteiger partial charge is 0.438 e. The number of carbonyl (C=O) groups excluding carboxylic acids is 1. The van der Waals surface area contributed by atoms with Crippen molar-refractivity contribution in [1.82, 2.24) is 0 Å². The van der Waals surface area contributed by atoms with E-state index in [9.17, 15) is 14.9 Å². The Morgan fingerprint density at radius 1 is 1.44 bits per heavy atom. The second-order valence-corrected chi connectivity index (χ2v) is 4.01. The van der Waals surface area contributed by atoms with E-state index in [0.717, 1.165) is 0 Å². The number of nitrogens with one attached hydrogen (secondary N) is 1. The van der Waals surface area contributed by atoms with Crippen molar-refractivity contribution in [2.24, 2.45) is 0 Å². The number of anilines is 1. The number of hydrogen-bond acceptors (Lipinski definition) is 4. The average molecular weight is 222 g/mol. The number of non-ortho nitro benzene ring substituents is 1. The van der Waals surface area contributed by atoms with E-state index in [1.54, 1.807) is 13.8 Å². The maximum absolute atomic E-state index is 11.2. The van der Waals surface area contributed by atoms with E-state index in [4.69, 9.17) is 4.74 Å². The SMILES string of the molecule is CC1(C)OC(=O)Nc2ccc([N+](=O)[O-])cc21. The van der Waals surface area contributed by atoms with E-state index in [1.165, 1.54) is 18.2 Å². The number of carbonyl (C=O) groups is 1. The monoisotopic (exact) mass is 222 g/mol. The molecule has 2 rings (SSSR count). The Morgan fingerprint density at radius 3 is 2.75 bits per heavy atom. The van der Waals surface area contributed by atoms with Gasteiger partial charge in [-0.3, -0.25) is 15.4 Å². The van der Waals surface area contributed by atoms with E-state index >= 15 is 0 Å². The molecule has 0 fully saturated rings. The van der Waals surface area contributed by atoms with Crippen LogP contribution in [0.4, 0.5) is 16.2 Å². The molecule has 0 radical (unpaired) electrons. The molecule has 84 valence electrons. The molecule has 1 aromatic rings. The predicted molar refractivity (Wildman–Crippen MR) is 56.2 cm³/mol. The molecule has 1 amide bonds. The Labute approximate surface area is 91.4 Å². The lowest BCUT2D eigenvalue weighted by atomic mass is 9.94. The highest BCUT2D eigenvalue weighted by molar-refractivity contribution is 5.89. The van der Waals surface area contributed by atoms with Gasteiger partial charge >= 0.3 is 6.09 Å². The number of fused-ring (bicyclic) bond motifs is 1. The van der Waals surface area contributed by atoms with Gasteiger partial charge in [0.1, 0.15) is 5.60 Å². The fraction of sp³-hybridized carbons (Fsp3) is 0.300. The van der Waals surface area contributed by atoms with Crippen molar-refractivity contribution >= 4 is 17.5 Å². The molecule has 0 saturated heterocycles. The van der Waals surface area contributed by atoms with Gasteiger partial charge in [-0.15, -0.1) is 0 Å². The molecule has 6 heteroatoms. The van der Waals surface area contributed by atoms with Crippen LogP contribution in [0.3, 0.4) is 0 Å². The number of cyclic esters (lactones) is 1. The Morgan fingerprint density at radius 2 is 2.12 bits per heavy atom. The summed E-state index contributed by atoms with van der Waals surface area (Å²) in [7, 11) is 0. The summed E-state index contributed by atoms with van der Waals surface area (Å²) in [5.74, 6) is 0. The first kappa shape index (κ1) is 10.4. The minimum absolute atomic E-state index is 0.0217. The summed E-state index contributed by atoms with van der Waals surface area (Å²) < 4.78 is 5.06. The molecule has 1 heterocycles. The summed E-state index contributed by atoms with van der Waals surface area (Å²) in [6, 6.07) is 4.27. The second kappa shape index (κ2) is 3.19. The Balaban J connectivity index is 2.57. The predicted octanol–water partition coefficient (Wildman–Crippen LogP) is 2.39. The average Bonchev–Trinajstić information content (AvgIpc) is 2.15. The van der Waals surface area contributed by atoms with Crippen LogP contribution in [0.25, 0.3) is 0 Å². The first-order valence-electron chi connectivity index (χ1n) is 4.69. The van der Waals surface area contributed by atoms with Gasteiger partial charge in [-0.25, -0.2) is 4.79 Å². The van der Waals surface area contributed by atoms with Gasteiger partial charge in [-0.2, -0.15) is 0 Å². The lowest BCUT2D eigenvalue weighted by molar-refractivity contribution is -0.385. The van der Waals surface area contributed by atoms with Crippen molar-refractivity contribution in [3.05, 3.63) is 33.9 Å². The highest BCUT2D eigenvalue weighted by Gasteiger charge is 2.34. The highest BCUT2D eigenvalue weighted by Crippen LogP contribution is 2.37.